The lowest BCUT2D eigenvalue weighted by Gasteiger charge is -2.70. The Morgan fingerprint density at radius 1 is 0.971 bits per heavy atom. The molecule has 0 aromatic carbocycles. The van der Waals surface area contributed by atoms with Crippen molar-refractivity contribution in [3.05, 3.63) is 23.5 Å². The van der Waals surface area contributed by atoms with Gasteiger partial charge in [-0.05, 0) is 91.9 Å². The Bertz CT molecular complexity index is 1050. The minimum Gasteiger partial charge on any atom is -0.505 e. The molecule has 5 rings (SSSR count). The number of carbonyl (C=O) groups excluding carboxylic acids is 1. The molecule has 0 spiro atoms. The lowest BCUT2D eigenvalue weighted by Crippen LogP contribution is -2.67. The highest BCUT2D eigenvalue weighted by Gasteiger charge is 2.71. The van der Waals surface area contributed by atoms with Crippen LogP contribution in [-0.2, 0) is 9.59 Å². The Kier molecular flexibility index (Phi) is 5.03. The summed E-state index contributed by atoms with van der Waals surface area (Å²) in [5.41, 5.74) is -2.16. The average molecular weight is 485 g/mol. The SMILES string of the molecule is C[C@@H]1CC[C@]2(C(=O)O)CC[C@]3(C)C(=CC[C@H]4[C@@]5(C)C=C(O)C(=O)C(C)(C)[C@H]5CC[C@]43C)[C@@H]2[C@]1(C)O. The molecule has 0 saturated heterocycles. The van der Waals surface area contributed by atoms with Gasteiger partial charge in [0.2, 0.25) is 5.78 Å². The Hall–Kier alpha value is -1.62. The van der Waals surface area contributed by atoms with Gasteiger partial charge in [-0.25, -0.2) is 0 Å². The van der Waals surface area contributed by atoms with Crippen LogP contribution in [0.25, 0.3) is 0 Å². The van der Waals surface area contributed by atoms with E-state index in [0.29, 0.717) is 12.8 Å². The highest BCUT2D eigenvalue weighted by Crippen LogP contribution is 2.75. The lowest BCUT2D eigenvalue weighted by molar-refractivity contribution is -0.199. The van der Waals surface area contributed by atoms with Crippen LogP contribution in [0.2, 0.25) is 0 Å². The number of allylic oxidation sites excluding steroid dienone is 3. The van der Waals surface area contributed by atoms with E-state index >= 15 is 0 Å². The maximum absolute atomic E-state index is 12.9. The number of Topliss-reactive ketones (excluding diaryl/α,β-unsaturated/α-hetero) is 1. The van der Waals surface area contributed by atoms with E-state index in [4.69, 9.17) is 0 Å². The first-order valence-electron chi connectivity index (χ1n) is 13.6. The summed E-state index contributed by atoms with van der Waals surface area (Å²) >= 11 is 0. The molecule has 5 heteroatoms. The number of hydrogen-bond donors (Lipinski definition) is 3. The van der Waals surface area contributed by atoms with Crippen molar-refractivity contribution in [1.29, 1.82) is 0 Å². The van der Waals surface area contributed by atoms with E-state index in [1.165, 1.54) is 0 Å². The van der Waals surface area contributed by atoms with Gasteiger partial charge in [0, 0.05) is 11.3 Å². The van der Waals surface area contributed by atoms with Gasteiger partial charge in [0.1, 0.15) is 0 Å². The summed E-state index contributed by atoms with van der Waals surface area (Å²) in [7, 11) is 0. The number of carboxylic acids is 1. The Labute approximate surface area is 210 Å². The van der Waals surface area contributed by atoms with Crippen LogP contribution >= 0.6 is 0 Å². The summed E-state index contributed by atoms with van der Waals surface area (Å²) in [5, 5.41) is 33.1. The summed E-state index contributed by atoms with van der Waals surface area (Å²) in [5.74, 6) is -1.01. The van der Waals surface area contributed by atoms with Crippen molar-refractivity contribution < 1.29 is 24.9 Å². The molecule has 5 aliphatic carbocycles. The molecular weight excluding hydrogens is 440 g/mol. The molecule has 0 aromatic rings. The number of aliphatic hydroxyl groups is 2. The van der Waals surface area contributed by atoms with Crippen LogP contribution in [0.1, 0.15) is 93.4 Å². The summed E-state index contributed by atoms with van der Waals surface area (Å²) in [6.07, 6.45) is 9.49. The Morgan fingerprint density at radius 3 is 2.26 bits per heavy atom. The van der Waals surface area contributed by atoms with E-state index in [9.17, 15) is 24.9 Å². The number of aliphatic hydroxyl groups excluding tert-OH is 1. The zero-order valence-electron chi connectivity index (χ0n) is 22.6. The van der Waals surface area contributed by atoms with Crippen molar-refractivity contribution in [2.45, 2.75) is 99.0 Å². The van der Waals surface area contributed by atoms with E-state index < -0.39 is 28.3 Å². The van der Waals surface area contributed by atoms with Crippen LogP contribution in [0.15, 0.2) is 23.5 Å². The number of aliphatic carboxylic acids is 1. The second kappa shape index (κ2) is 7.02. The number of carbonyl (C=O) groups is 2. The van der Waals surface area contributed by atoms with Gasteiger partial charge in [-0.2, -0.15) is 0 Å². The molecule has 3 fully saturated rings. The fourth-order valence-electron chi connectivity index (χ4n) is 10.3. The third kappa shape index (κ3) is 2.74. The van der Waals surface area contributed by atoms with Crippen molar-refractivity contribution in [2.24, 2.45) is 50.7 Å². The van der Waals surface area contributed by atoms with Crippen LogP contribution in [0, 0.1) is 50.7 Å². The summed E-state index contributed by atoms with van der Waals surface area (Å²) in [6.45, 7) is 14.8. The maximum atomic E-state index is 12.9. The van der Waals surface area contributed by atoms with E-state index in [0.717, 1.165) is 37.7 Å². The number of carboxylic acid groups (broad SMARTS) is 1. The number of rotatable bonds is 1. The molecule has 0 radical (unpaired) electrons. The Balaban J connectivity index is 1.68. The summed E-state index contributed by atoms with van der Waals surface area (Å²) < 4.78 is 0. The molecule has 0 bridgehead atoms. The van der Waals surface area contributed by atoms with Gasteiger partial charge in [-0.15, -0.1) is 0 Å². The molecule has 0 unspecified atom stereocenters. The van der Waals surface area contributed by atoms with E-state index in [1.807, 2.05) is 26.8 Å². The van der Waals surface area contributed by atoms with Crippen LogP contribution in [0.4, 0.5) is 0 Å². The van der Waals surface area contributed by atoms with Gasteiger partial charge in [-0.3, -0.25) is 9.59 Å². The van der Waals surface area contributed by atoms with Crippen molar-refractivity contribution >= 4 is 11.8 Å². The molecule has 5 aliphatic rings. The van der Waals surface area contributed by atoms with Crippen molar-refractivity contribution in [2.75, 3.05) is 0 Å². The molecule has 0 heterocycles. The van der Waals surface area contributed by atoms with Crippen LogP contribution < -0.4 is 0 Å². The highest BCUT2D eigenvalue weighted by molar-refractivity contribution is 5.98. The second-order valence-electron chi connectivity index (χ2n) is 14.3. The highest BCUT2D eigenvalue weighted by atomic mass is 16.4. The zero-order chi connectivity index (χ0) is 26.0. The number of hydrogen-bond acceptors (Lipinski definition) is 4. The number of ketones is 1. The molecule has 0 amide bonds. The minimum absolute atomic E-state index is 0.0343. The van der Waals surface area contributed by atoms with Gasteiger partial charge in [0.05, 0.1) is 11.0 Å². The smallest absolute Gasteiger partial charge is 0.310 e. The largest absolute Gasteiger partial charge is 0.505 e. The van der Waals surface area contributed by atoms with E-state index in [2.05, 4.69) is 33.8 Å². The van der Waals surface area contributed by atoms with Crippen molar-refractivity contribution in [3.63, 3.8) is 0 Å². The molecule has 5 nitrogen and oxygen atoms in total. The van der Waals surface area contributed by atoms with Crippen LogP contribution in [-0.4, -0.2) is 32.7 Å². The minimum atomic E-state index is -1.08. The van der Waals surface area contributed by atoms with Crippen LogP contribution in [0.5, 0.6) is 0 Å². The molecule has 35 heavy (non-hydrogen) atoms. The monoisotopic (exact) mass is 484 g/mol. The van der Waals surface area contributed by atoms with Gasteiger partial charge in [0.25, 0.3) is 0 Å². The standard InChI is InChI=1S/C30H44O5/c1-17-10-13-30(24(33)34)15-14-27(5)18(22(30)29(17,7)35)8-9-21-26(4)16-19(31)23(32)25(2,3)20(26)11-12-28(21,27)6/h8,16-17,20-22,31,35H,9-15H2,1-7H3,(H,33,34)/t17-,20-,21+,22-,26+,27-,28-,29-,30+/m1/s1. The predicted molar refractivity (Wildman–Crippen MR) is 135 cm³/mol. The zero-order valence-corrected chi connectivity index (χ0v) is 22.6. The quantitative estimate of drug-likeness (QED) is 0.392. The predicted octanol–water partition coefficient (Wildman–Crippen LogP) is 6.07. The first-order valence-corrected chi connectivity index (χ1v) is 13.6. The van der Waals surface area contributed by atoms with Gasteiger partial charge in [-0.1, -0.05) is 53.2 Å². The van der Waals surface area contributed by atoms with E-state index in [1.54, 1.807) is 0 Å². The molecule has 3 saturated carbocycles. The van der Waals surface area contributed by atoms with Crippen molar-refractivity contribution in [3.8, 4) is 0 Å². The third-order valence-corrected chi connectivity index (χ3v) is 12.8. The summed E-state index contributed by atoms with van der Waals surface area (Å²) in [4.78, 5) is 25.7. The Morgan fingerprint density at radius 2 is 1.63 bits per heavy atom. The fourth-order valence-corrected chi connectivity index (χ4v) is 10.3. The van der Waals surface area contributed by atoms with Gasteiger partial charge < -0.3 is 15.3 Å². The molecule has 194 valence electrons. The second-order valence-corrected chi connectivity index (χ2v) is 14.3. The van der Waals surface area contributed by atoms with Crippen LogP contribution in [0.3, 0.4) is 0 Å². The number of fused-ring (bicyclic) bond motifs is 7. The molecule has 0 aliphatic heterocycles. The van der Waals surface area contributed by atoms with Gasteiger partial charge >= 0.3 is 5.97 Å². The molecular formula is C30H44O5. The lowest BCUT2D eigenvalue weighted by atomic mass is 9.33. The first-order chi connectivity index (χ1) is 16.0. The first kappa shape index (κ1) is 25.0. The maximum Gasteiger partial charge on any atom is 0.310 e. The van der Waals surface area contributed by atoms with E-state index in [-0.39, 0.29) is 45.5 Å². The van der Waals surface area contributed by atoms with Gasteiger partial charge in [0.15, 0.2) is 5.76 Å². The molecule has 9 atom stereocenters. The topological polar surface area (TPSA) is 94.8 Å². The molecule has 3 N–H and O–H groups in total. The third-order valence-electron chi connectivity index (χ3n) is 12.8. The normalized spacial score (nSPS) is 52.7. The summed E-state index contributed by atoms with van der Waals surface area (Å²) in [6, 6.07) is 0. The van der Waals surface area contributed by atoms with Crippen molar-refractivity contribution in [1.82, 2.24) is 0 Å². The molecule has 0 aromatic heterocycles. The average Bonchev–Trinajstić information content (AvgIpc) is 2.75. The fraction of sp³-hybridized carbons (Fsp3) is 0.800.